The molecule has 0 aromatic rings. The maximum atomic E-state index is 11.9. The van der Waals surface area contributed by atoms with Crippen molar-refractivity contribution in [3.8, 4) is 0 Å². The Balaban J connectivity index is 3.05. The Kier molecular flexibility index (Phi) is 5.00. The molecule has 96 valence electrons. The predicted octanol–water partition coefficient (Wildman–Crippen LogP) is 1.65. The second-order valence-electron chi connectivity index (χ2n) is 3.76. The van der Waals surface area contributed by atoms with Crippen molar-refractivity contribution in [1.29, 1.82) is 0 Å². The first-order valence-electron chi connectivity index (χ1n) is 6.10. The van der Waals surface area contributed by atoms with Crippen molar-refractivity contribution in [2.24, 2.45) is 0 Å². The van der Waals surface area contributed by atoms with Gasteiger partial charge in [0.15, 0.2) is 0 Å². The molecule has 0 aliphatic carbocycles. The van der Waals surface area contributed by atoms with E-state index in [0.717, 1.165) is 18.4 Å². The molecule has 0 spiro atoms. The summed E-state index contributed by atoms with van der Waals surface area (Å²) < 4.78 is 5.03. The number of carbonyl (C=O) groups is 2. The second-order valence-corrected chi connectivity index (χ2v) is 3.76. The normalized spacial score (nSPS) is 14.5. The van der Waals surface area contributed by atoms with Gasteiger partial charge in [-0.05, 0) is 25.3 Å². The topological polar surface area (TPSA) is 58.6 Å². The second kappa shape index (κ2) is 6.27. The van der Waals surface area contributed by atoms with Crippen LogP contribution in [0.1, 0.15) is 33.6 Å². The minimum Gasteiger partial charge on any atom is -0.461 e. The predicted molar refractivity (Wildman–Crippen MR) is 64.3 cm³/mol. The summed E-state index contributed by atoms with van der Waals surface area (Å²) in [6, 6.07) is -0.215. The number of nitrogens with zero attached hydrogens (tertiary/aromatic N) is 1. The Morgan fingerprint density at radius 3 is 2.41 bits per heavy atom. The summed E-state index contributed by atoms with van der Waals surface area (Å²) in [5.74, 6) is -0.400. The van der Waals surface area contributed by atoms with Gasteiger partial charge < -0.3 is 10.1 Å². The van der Waals surface area contributed by atoms with Gasteiger partial charge in [-0.15, -0.1) is 0 Å². The van der Waals surface area contributed by atoms with Gasteiger partial charge in [-0.3, -0.25) is 4.90 Å². The molecule has 5 nitrogen and oxygen atoms in total. The number of nitrogens with one attached hydrogen (secondary N) is 1. The van der Waals surface area contributed by atoms with Crippen molar-refractivity contribution >= 4 is 12.0 Å². The van der Waals surface area contributed by atoms with Gasteiger partial charge >= 0.3 is 12.0 Å². The molecule has 1 saturated heterocycles. The zero-order valence-corrected chi connectivity index (χ0v) is 10.7. The third-order valence-electron chi connectivity index (χ3n) is 2.78. The lowest BCUT2D eigenvalue weighted by Gasteiger charge is -2.20. The Labute approximate surface area is 102 Å². The first-order valence-corrected chi connectivity index (χ1v) is 6.10. The maximum absolute atomic E-state index is 11.9. The molecule has 1 N–H and O–H groups in total. The average Bonchev–Trinajstić information content (AvgIpc) is 2.72. The van der Waals surface area contributed by atoms with Crippen molar-refractivity contribution in [1.82, 2.24) is 10.2 Å². The molecule has 0 saturated carbocycles. The minimum atomic E-state index is -0.400. The van der Waals surface area contributed by atoms with Gasteiger partial charge in [0.2, 0.25) is 0 Å². The van der Waals surface area contributed by atoms with Gasteiger partial charge in [-0.25, -0.2) is 9.59 Å². The molecule has 2 amide bonds. The first kappa shape index (κ1) is 13.5. The van der Waals surface area contributed by atoms with Gasteiger partial charge in [-0.2, -0.15) is 0 Å². The molecule has 1 fully saturated rings. The molecule has 0 radical (unpaired) electrons. The highest BCUT2D eigenvalue weighted by molar-refractivity contribution is 5.94. The van der Waals surface area contributed by atoms with E-state index in [1.165, 1.54) is 4.90 Å². The van der Waals surface area contributed by atoms with Gasteiger partial charge in [-0.1, -0.05) is 13.8 Å². The zero-order valence-electron chi connectivity index (χ0n) is 10.7. The number of amides is 2. The van der Waals surface area contributed by atoms with E-state index in [2.05, 4.69) is 5.32 Å². The van der Waals surface area contributed by atoms with Crippen molar-refractivity contribution in [3.05, 3.63) is 11.3 Å². The summed E-state index contributed by atoms with van der Waals surface area (Å²) in [6.45, 7) is 7.13. The Bertz CT molecular complexity index is 331. The molecule has 0 bridgehead atoms. The minimum absolute atomic E-state index is 0.215. The van der Waals surface area contributed by atoms with E-state index in [-0.39, 0.29) is 6.03 Å². The molecule has 1 rings (SSSR count). The molecule has 0 aromatic heterocycles. The van der Waals surface area contributed by atoms with E-state index in [4.69, 9.17) is 4.74 Å². The Morgan fingerprint density at radius 1 is 1.35 bits per heavy atom. The van der Waals surface area contributed by atoms with E-state index < -0.39 is 5.97 Å². The molecular formula is C12H20N2O3. The van der Waals surface area contributed by atoms with E-state index in [1.807, 2.05) is 13.8 Å². The zero-order chi connectivity index (χ0) is 12.8. The van der Waals surface area contributed by atoms with Crippen LogP contribution in [0, 0.1) is 0 Å². The summed E-state index contributed by atoms with van der Waals surface area (Å²) in [4.78, 5) is 25.1. The standard InChI is InChI=1S/C12H20N2O3/c1-4-9(5-2)10(11(15)17-6-3)14-8-7-13-12(14)16/h4-8H2,1-3H3,(H,13,16). The summed E-state index contributed by atoms with van der Waals surface area (Å²) >= 11 is 0. The Hall–Kier alpha value is -1.52. The fraction of sp³-hybridized carbons (Fsp3) is 0.667. The highest BCUT2D eigenvalue weighted by atomic mass is 16.5. The third kappa shape index (κ3) is 2.99. The molecule has 1 aliphatic heterocycles. The molecule has 1 heterocycles. The highest BCUT2D eigenvalue weighted by Crippen LogP contribution is 2.20. The quantitative estimate of drug-likeness (QED) is 0.587. The van der Waals surface area contributed by atoms with Gasteiger partial charge in [0.1, 0.15) is 5.70 Å². The monoisotopic (exact) mass is 240 g/mol. The summed E-state index contributed by atoms with van der Waals surface area (Å²) in [5.41, 5.74) is 1.38. The van der Waals surface area contributed by atoms with Crippen LogP contribution < -0.4 is 5.32 Å². The molecule has 0 atom stereocenters. The average molecular weight is 240 g/mol. The van der Waals surface area contributed by atoms with E-state index in [0.29, 0.717) is 25.4 Å². The first-order chi connectivity index (χ1) is 8.15. The molecular weight excluding hydrogens is 220 g/mol. The van der Waals surface area contributed by atoms with Crippen molar-refractivity contribution in [3.63, 3.8) is 0 Å². The Morgan fingerprint density at radius 2 is 2.00 bits per heavy atom. The van der Waals surface area contributed by atoms with Crippen LogP contribution in [0.25, 0.3) is 0 Å². The largest absolute Gasteiger partial charge is 0.461 e. The molecule has 1 aliphatic rings. The van der Waals surface area contributed by atoms with Crippen LogP contribution in [0.3, 0.4) is 0 Å². The van der Waals surface area contributed by atoms with Gasteiger partial charge in [0.05, 0.1) is 6.61 Å². The van der Waals surface area contributed by atoms with Crippen LogP contribution in [0.15, 0.2) is 11.3 Å². The lowest BCUT2D eigenvalue weighted by Crippen LogP contribution is -2.33. The van der Waals surface area contributed by atoms with Gasteiger partial charge in [0, 0.05) is 13.1 Å². The smallest absolute Gasteiger partial charge is 0.355 e. The number of rotatable bonds is 5. The summed E-state index contributed by atoms with van der Waals surface area (Å²) in [7, 11) is 0. The number of carbonyl (C=O) groups excluding carboxylic acids is 2. The van der Waals surface area contributed by atoms with Crippen LogP contribution in [-0.2, 0) is 9.53 Å². The van der Waals surface area contributed by atoms with E-state index >= 15 is 0 Å². The molecule has 5 heteroatoms. The number of hydrogen-bond donors (Lipinski definition) is 1. The van der Waals surface area contributed by atoms with Crippen LogP contribution in [-0.4, -0.2) is 36.6 Å². The van der Waals surface area contributed by atoms with Crippen molar-refractivity contribution in [2.45, 2.75) is 33.6 Å². The summed E-state index contributed by atoms with van der Waals surface area (Å²) in [5, 5.41) is 2.70. The van der Waals surface area contributed by atoms with Crippen molar-refractivity contribution in [2.75, 3.05) is 19.7 Å². The molecule has 17 heavy (non-hydrogen) atoms. The third-order valence-corrected chi connectivity index (χ3v) is 2.78. The summed E-state index contributed by atoms with van der Waals surface area (Å²) in [6.07, 6.45) is 1.49. The van der Waals surface area contributed by atoms with Gasteiger partial charge in [0.25, 0.3) is 0 Å². The van der Waals surface area contributed by atoms with E-state index in [1.54, 1.807) is 6.92 Å². The van der Waals surface area contributed by atoms with Crippen LogP contribution >= 0.6 is 0 Å². The lowest BCUT2D eigenvalue weighted by atomic mass is 10.1. The van der Waals surface area contributed by atoms with E-state index in [9.17, 15) is 9.59 Å². The number of ether oxygens (including phenoxy) is 1. The SMILES string of the molecule is CCOC(=O)C(=C(CC)CC)N1CCNC1=O. The molecule has 0 unspecified atom stereocenters. The fourth-order valence-corrected chi connectivity index (χ4v) is 1.91. The highest BCUT2D eigenvalue weighted by Gasteiger charge is 2.30. The number of hydrogen-bond acceptors (Lipinski definition) is 3. The molecule has 0 aromatic carbocycles. The number of esters is 1. The number of allylic oxidation sites excluding steroid dienone is 1. The fourth-order valence-electron chi connectivity index (χ4n) is 1.91. The lowest BCUT2D eigenvalue weighted by molar-refractivity contribution is -0.140. The van der Waals surface area contributed by atoms with Crippen LogP contribution in [0.4, 0.5) is 4.79 Å². The van der Waals surface area contributed by atoms with Crippen molar-refractivity contribution < 1.29 is 14.3 Å². The number of urea groups is 1. The van der Waals surface area contributed by atoms with Crippen LogP contribution in [0.2, 0.25) is 0 Å². The maximum Gasteiger partial charge on any atom is 0.355 e. The van der Waals surface area contributed by atoms with Crippen LogP contribution in [0.5, 0.6) is 0 Å².